The maximum absolute atomic E-state index is 5.59. The Morgan fingerprint density at radius 3 is 3.04 bits per heavy atom. The van der Waals surface area contributed by atoms with E-state index in [1.165, 1.54) is 37.1 Å². The molecule has 3 heterocycles. The predicted octanol–water partition coefficient (Wildman–Crippen LogP) is 2.31. The third-order valence-corrected chi connectivity index (χ3v) is 5.01. The summed E-state index contributed by atoms with van der Waals surface area (Å²) in [5.74, 6) is 1.11. The third kappa shape index (κ3) is 3.46. The maximum atomic E-state index is 5.59. The topological polar surface area (TPSA) is 54.2 Å². The van der Waals surface area contributed by atoms with Gasteiger partial charge in [0.05, 0.1) is 0 Å². The molecule has 2 aromatic rings. The van der Waals surface area contributed by atoms with Gasteiger partial charge >= 0.3 is 0 Å². The van der Waals surface area contributed by atoms with Crippen molar-refractivity contribution in [3.63, 3.8) is 0 Å². The average Bonchev–Trinajstić information content (AvgIpc) is 3.24. The molecule has 2 aliphatic rings. The molecule has 1 aliphatic heterocycles. The van der Waals surface area contributed by atoms with E-state index in [9.17, 15) is 0 Å². The van der Waals surface area contributed by atoms with Gasteiger partial charge in [-0.15, -0.1) is 0 Å². The van der Waals surface area contributed by atoms with E-state index >= 15 is 0 Å². The Kier molecular flexibility index (Phi) is 4.39. The first kappa shape index (κ1) is 14.8. The van der Waals surface area contributed by atoms with Crippen LogP contribution < -0.4 is 5.32 Å². The van der Waals surface area contributed by atoms with Crippen molar-refractivity contribution in [1.29, 1.82) is 0 Å². The molecule has 1 fully saturated rings. The van der Waals surface area contributed by atoms with Gasteiger partial charge in [-0.05, 0) is 50.4 Å². The molecule has 1 saturated heterocycles. The second-order valence-corrected chi connectivity index (χ2v) is 6.70. The number of rotatable bonds is 5. The van der Waals surface area contributed by atoms with Crippen molar-refractivity contribution >= 4 is 0 Å². The largest absolute Gasteiger partial charge is 0.361 e. The van der Waals surface area contributed by atoms with Crippen LogP contribution in [0.3, 0.4) is 0 Å². The van der Waals surface area contributed by atoms with Crippen molar-refractivity contribution in [3.8, 4) is 0 Å². The smallest absolute Gasteiger partial charge is 0.140 e. The highest BCUT2D eigenvalue weighted by atomic mass is 16.5. The third-order valence-electron chi connectivity index (χ3n) is 5.01. The fourth-order valence-corrected chi connectivity index (χ4v) is 3.68. The van der Waals surface area contributed by atoms with Crippen LogP contribution in [-0.2, 0) is 25.9 Å². The molecule has 1 unspecified atom stereocenters. The maximum Gasteiger partial charge on any atom is 0.140 e. The number of fused-ring (bicyclic) bond motifs is 1. The first-order valence-electron chi connectivity index (χ1n) is 8.69. The van der Waals surface area contributed by atoms with E-state index in [4.69, 9.17) is 4.52 Å². The van der Waals surface area contributed by atoms with Crippen LogP contribution in [0.1, 0.15) is 41.8 Å². The van der Waals surface area contributed by atoms with Gasteiger partial charge in [-0.2, -0.15) is 0 Å². The molecule has 5 nitrogen and oxygen atoms in total. The Labute approximate surface area is 137 Å². The fourth-order valence-electron chi connectivity index (χ4n) is 3.68. The number of nitrogens with one attached hydrogen (secondary N) is 1. The van der Waals surface area contributed by atoms with Gasteiger partial charge in [0.25, 0.3) is 0 Å². The lowest BCUT2D eigenvalue weighted by atomic mass is 9.92. The molecule has 0 saturated carbocycles. The number of hydrogen-bond donors (Lipinski definition) is 1. The van der Waals surface area contributed by atoms with E-state index in [-0.39, 0.29) is 0 Å². The number of nitrogens with zero attached hydrogens (tertiary/aromatic N) is 3. The normalized spacial score (nSPS) is 21.5. The zero-order valence-electron chi connectivity index (χ0n) is 13.5. The Morgan fingerprint density at radius 2 is 2.22 bits per heavy atom. The Bertz CT molecular complexity index is 634. The Balaban J connectivity index is 1.38. The first-order valence-corrected chi connectivity index (χ1v) is 8.69. The molecule has 1 atom stereocenters. The molecule has 0 bridgehead atoms. The number of aryl methyl sites for hydroxylation is 1. The van der Waals surface area contributed by atoms with Crippen LogP contribution in [0.15, 0.2) is 29.0 Å². The molecule has 0 aromatic carbocycles. The Morgan fingerprint density at radius 1 is 1.30 bits per heavy atom. The zero-order valence-corrected chi connectivity index (χ0v) is 13.5. The lowest BCUT2D eigenvalue weighted by Gasteiger charge is -2.23. The van der Waals surface area contributed by atoms with Crippen molar-refractivity contribution in [3.05, 3.63) is 47.1 Å². The average molecular weight is 312 g/mol. The highest BCUT2D eigenvalue weighted by Crippen LogP contribution is 2.26. The van der Waals surface area contributed by atoms with E-state index in [1.54, 1.807) is 0 Å². The summed E-state index contributed by atoms with van der Waals surface area (Å²) in [5, 5.41) is 8.03. The minimum absolute atomic E-state index is 0.499. The Hall–Kier alpha value is -1.72. The molecule has 4 rings (SSSR count). The zero-order chi connectivity index (χ0) is 15.5. The van der Waals surface area contributed by atoms with Crippen molar-refractivity contribution in [2.75, 3.05) is 13.1 Å². The van der Waals surface area contributed by atoms with Gasteiger partial charge in [0, 0.05) is 43.5 Å². The number of pyridine rings is 1. The van der Waals surface area contributed by atoms with E-state index in [1.807, 2.05) is 18.5 Å². The highest BCUT2D eigenvalue weighted by molar-refractivity contribution is 5.27. The van der Waals surface area contributed by atoms with E-state index in [2.05, 4.69) is 26.4 Å². The number of aromatic nitrogens is 2. The molecule has 1 aliphatic carbocycles. The van der Waals surface area contributed by atoms with E-state index in [0.717, 1.165) is 43.8 Å². The van der Waals surface area contributed by atoms with Crippen molar-refractivity contribution in [2.45, 2.75) is 51.2 Å². The van der Waals surface area contributed by atoms with Crippen molar-refractivity contribution in [2.24, 2.45) is 0 Å². The van der Waals surface area contributed by atoms with Crippen molar-refractivity contribution in [1.82, 2.24) is 20.4 Å². The second-order valence-electron chi connectivity index (χ2n) is 6.70. The molecule has 0 radical (unpaired) electrons. The molecule has 0 spiro atoms. The predicted molar refractivity (Wildman–Crippen MR) is 87.9 cm³/mol. The fraction of sp³-hybridized carbons (Fsp3) is 0.556. The van der Waals surface area contributed by atoms with Crippen molar-refractivity contribution < 1.29 is 4.52 Å². The van der Waals surface area contributed by atoms with E-state index < -0.39 is 0 Å². The number of hydrogen-bond acceptors (Lipinski definition) is 5. The van der Waals surface area contributed by atoms with Crippen LogP contribution in [-0.4, -0.2) is 34.2 Å². The van der Waals surface area contributed by atoms with Crippen LogP contribution >= 0.6 is 0 Å². The van der Waals surface area contributed by atoms with Gasteiger partial charge in [-0.25, -0.2) is 0 Å². The lowest BCUT2D eigenvalue weighted by molar-refractivity contribution is 0.309. The van der Waals surface area contributed by atoms with Crippen LogP contribution in [0.25, 0.3) is 0 Å². The molecule has 1 N–H and O–H groups in total. The van der Waals surface area contributed by atoms with Gasteiger partial charge in [0.15, 0.2) is 0 Å². The van der Waals surface area contributed by atoms with Gasteiger partial charge in [-0.3, -0.25) is 9.88 Å². The van der Waals surface area contributed by atoms with Crippen LogP contribution in [0.2, 0.25) is 0 Å². The molecule has 5 heteroatoms. The quantitative estimate of drug-likeness (QED) is 0.918. The molecule has 23 heavy (non-hydrogen) atoms. The summed E-state index contributed by atoms with van der Waals surface area (Å²) in [6.07, 6.45) is 9.52. The molecule has 122 valence electrons. The van der Waals surface area contributed by atoms with Gasteiger partial charge in [-0.1, -0.05) is 11.2 Å². The summed E-state index contributed by atoms with van der Waals surface area (Å²) in [5.41, 5.74) is 3.75. The summed E-state index contributed by atoms with van der Waals surface area (Å²) in [6, 6.07) is 4.61. The highest BCUT2D eigenvalue weighted by Gasteiger charge is 2.26. The molecular weight excluding hydrogens is 288 g/mol. The number of likely N-dealkylation sites (tertiary alicyclic amines) is 1. The molecular formula is C18H24N4O. The van der Waals surface area contributed by atoms with Gasteiger partial charge in [0.1, 0.15) is 11.5 Å². The lowest BCUT2D eigenvalue weighted by Crippen LogP contribution is -2.34. The first-order chi connectivity index (χ1) is 11.4. The molecule has 2 aromatic heterocycles. The van der Waals surface area contributed by atoms with Gasteiger partial charge < -0.3 is 9.84 Å². The summed E-state index contributed by atoms with van der Waals surface area (Å²) >= 11 is 0. The van der Waals surface area contributed by atoms with Gasteiger partial charge in [0.2, 0.25) is 0 Å². The van der Waals surface area contributed by atoms with E-state index in [0.29, 0.717) is 6.04 Å². The minimum atomic E-state index is 0.499. The monoisotopic (exact) mass is 312 g/mol. The van der Waals surface area contributed by atoms with Crippen LogP contribution in [0.4, 0.5) is 0 Å². The summed E-state index contributed by atoms with van der Waals surface area (Å²) in [7, 11) is 0. The summed E-state index contributed by atoms with van der Waals surface area (Å²) < 4.78 is 5.59. The standard InChI is InChI=1S/C18H24N4O/c1-2-9-22(8-1)13-17-16-10-15(5-6-18(16)23-21-17)20-12-14-4-3-7-19-11-14/h3-4,7,11,15,20H,1-2,5-6,8-10,12-13H2. The molecule has 0 amide bonds. The second kappa shape index (κ2) is 6.81. The summed E-state index contributed by atoms with van der Waals surface area (Å²) in [4.78, 5) is 6.67. The minimum Gasteiger partial charge on any atom is -0.361 e. The van der Waals surface area contributed by atoms with Crippen LogP contribution in [0, 0.1) is 0 Å². The SMILES string of the molecule is c1cncc(CNC2CCc3onc(CN4CCCC4)c3C2)c1. The van der Waals surface area contributed by atoms with Crippen LogP contribution in [0.5, 0.6) is 0 Å². The summed E-state index contributed by atoms with van der Waals surface area (Å²) in [6.45, 7) is 4.23.